The molecule has 0 bridgehead atoms. The lowest BCUT2D eigenvalue weighted by Crippen LogP contribution is -2.08. The lowest BCUT2D eigenvalue weighted by atomic mass is 10.2. The second-order valence-electron chi connectivity index (χ2n) is 4.70. The fourth-order valence-corrected chi connectivity index (χ4v) is 1.62. The first-order valence-corrected chi connectivity index (χ1v) is 6.14. The molecule has 1 aromatic carbocycles. The zero-order valence-electron chi connectivity index (χ0n) is 11.2. The third kappa shape index (κ3) is 2.81. The maximum absolute atomic E-state index is 13.6. The molecule has 2 aromatic rings. The Hall–Kier alpha value is -2.17. The van der Waals surface area contributed by atoms with Crippen molar-refractivity contribution in [2.24, 2.45) is 0 Å². The van der Waals surface area contributed by atoms with E-state index in [0.717, 1.165) is 0 Å². The van der Waals surface area contributed by atoms with E-state index in [2.05, 4.69) is 15.3 Å². The fraction of sp³-hybridized carbons (Fsp3) is 0.286. The molecule has 1 aromatic heterocycles. The number of halogens is 1. The minimum Gasteiger partial charge on any atom is -0.383 e. The Labute approximate surface area is 111 Å². The summed E-state index contributed by atoms with van der Waals surface area (Å²) in [6.07, 6.45) is 0. The number of benzene rings is 1. The maximum atomic E-state index is 13.6. The van der Waals surface area contributed by atoms with Crippen molar-refractivity contribution in [2.45, 2.75) is 26.7 Å². The minimum absolute atomic E-state index is 0.157. The van der Waals surface area contributed by atoms with Crippen molar-refractivity contribution >= 4 is 17.3 Å². The summed E-state index contributed by atoms with van der Waals surface area (Å²) in [7, 11) is 0. The molecule has 2 rings (SSSR count). The molecule has 0 spiro atoms. The first-order valence-electron chi connectivity index (χ1n) is 6.14. The van der Waals surface area contributed by atoms with Crippen LogP contribution in [0.25, 0.3) is 0 Å². The number of nitrogens with one attached hydrogen (secondary N) is 1. The number of anilines is 3. The highest BCUT2D eigenvalue weighted by atomic mass is 19.1. The van der Waals surface area contributed by atoms with Gasteiger partial charge in [-0.1, -0.05) is 26.0 Å². The first-order chi connectivity index (χ1) is 8.99. The monoisotopic (exact) mass is 260 g/mol. The molecule has 0 amide bonds. The average molecular weight is 260 g/mol. The molecular weight excluding hydrogens is 243 g/mol. The third-order valence-electron chi connectivity index (χ3n) is 2.84. The van der Waals surface area contributed by atoms with Gasteiger partial charge in [-0.05, 0) is 19.1 Å². The van der Waals surface area contributed by atoms with Crippen LogP contribution in [0.5, 0.6) is 0 Å². The molecule has 0 unspecified atom stereocenters. The Morgan fingerprint density at radius 1 is 1.21 bits per heavy atom. The number of nitrogen functional groups attached to an aromatic ring is 1. The molecule has 0 radical (unpaired) electrons. The second kappa shape index (κ2) is 5.22. The van der Waals surface area contributed by atoms with Crippen molar-refractivity contribution < 1.29 is 4.39 Å². The predicted octanol–water partition coefficient (Wildman–Crippen LogP) is 3.37. The van der Waals surface area contributed by atoms with Gasteiger partial charge in [0.05, 0.1) is 5.69 Å². The molecule has 0 saturated heterocycles. The standard InChI is InChI=1S/C14H17FN4/c1-8(2)13-18-12(16)9(3)14(19-13)17-11-7-5-4-6-10(11)15/h4-8H,1-3H3,(H3,16,17,18,19). The Morgan fingerprint density at radius 3 is 2.53 bits per heavy atom. The molecule has 5 heteroatoms. The Bertz CT molecular complexity index is 596. The summed E-state index contributed by atoms with van der Waals surface area (Å²) in [5.74, 6) is 1.43. The lowest BCUT2D eigenvalue weighted by molar-refractivity contribution is 0.631. The minimum atomic E-state index is -0.329. The number of nitrogens with two attached hydrogens (primary N) is 1. The SMILES string of the molecule is Cc1c(N)nc(C(C)C)nc1Nc1ccccc1F. The predicted molar refractivity (Wildman–Crippen MR) is 75.0 cm³/mol. The van der Waals surface area contributed by atoms with Crippen LogP contribution in [0.15, 0.2) is 24.3 Å². The molecule has 1 heterocycles. The highest BCUT2D eigenvalue weighted by Gasteiger charge is 2.12. The van der Waals surface area contributed by atoms with Crippen LogP contribution in [-0.4, -0.2) is 9.97 Å². The van der Waals surface area contributed by atoms with E-state index in [-0.39, 0.29) is 11.7 Å². The Kier molecular flexibility index (Phi) is 3.64. The molecule has 3 N–H and O–H groups in total. The van der Waals surface area contributed by atoms with Crippen molar-refractivity contribution in [2.75, 3.05) is 11.1 Å². The summed E-state index contributed by atoms with van der Waals surface area (Å²) in [5.41, 5.74) is 6.96. The smallest absolute Gasteiger partial charge is 0.146 e. The van der Waals surface area contributed by atoms with Gasteiger partial charge in [-0.3, -0.25) is 0 Å². The van der Waals surface area contributed by atoms with Gasteiger partial charge >= 0.3 is 0 Å². The summed E-state index contributed by atoms with van der Waals surface area (Å²) in [4.78, 5) is 8.63. The Morgan fingerprint density at radius 2 is 1.89 bits per heavy atom. The zero-order chi connectivity index (χ0) is 14.0. The summed E-state index contributed by atoms with van der Waals surface area (Å²) >= 11 is 0. The average Bonchev–Trinajstić information content (AvgIpc) is 2.37. The first kappa shape index (κ1) is 13.3. The number of hydrogen-bond acceptors (Lipinski definition) is 4. The van der Waals surface area contributed by atoms with Gasteiger partial charge in [-0.15, -0.1) is 0 Å². The van der Waals surface area contributed by atoms with Gasteiger partial charge in [-0.2, -0.15) is 0 Å². The van der Waals surface area contributed by atoms with Crippen LogP contribution in [0.1, 0.15) is 31.2 Å². The van der Waals surface area contributed by atoms with Crippen LogP contribution in [0.3, 0.4) is 0 Å². The van der Waals surface area contributed by atoms with Crippen LogP contribution in [-0.2, 0) is 0 Å². The molecule has 0 fully saturated rings. The summed E-state index contributed by atoms with van der Waals surface area (Å²) in [5, 5.41) is 2.97. The van der Waals surface area contributed by atoms with Gasteiger partial charge in [0, 0.05) is 11.5 Å². The number of hydrogen-bond donors (Lipinski definition) is 2. The van der Waals surface area contributed by atoms with E-state index in [0.29, 0.717) is 28.7 Å². The lowest BCUT2D eigenvalue weighted by Gasteiger charge is -2.13. The molecule has 0 saturated carbocycles. The van der Waals surface area contributed by atoms with Crippen molar-refractivity contribution in [1.29, 1.82) is 0 Å². The van der Waals surface area contributed by atoms with Crippen LogP contribution in [0, 0.1) is 12.7 Å². The molecule has 0 atom stereocenters. The molecule has 100 valence electrons. The van der Waals surface area contributed by atoms with E-state index in [9.17, 15) is 4.39 Å². The van der Waals surface area contributed by atoms with E-state index < -0.39 is 0 Å². The van der Waals surface area contributed by atoms with E-state index in [1.165, 1.54) is 6.07 Å². The Balaban J connectivity index is 2.42. The van der Waals surface area contributed by atoms with Crippen molar-refractivity contribution in [3.8, 4) is 0 Å². The van der Waals surface area contributed by atoms with Gasteiger partial charge in [0.2, 0.25) is 0 Å². The summed E-state index contributed by atoms with van der Waals surface area (Å²) in [6.45, 7) is 5.77. The van der Waals surface area contributed by atoms with Crippen molar-refractivity contribution in [3.05, 3.63) is 41.5 Å². The topological polar surface area (TPSA) is 63.8 Å². The fourth-order valence-electron chi connectivity index (χ4n) is 1.62. The molecular formula is C14H17FN4. The third-order valence-corrected chi connectivity index (χ3v) is 2.84. The van der Waals surface area contributed by atoms with E-state index >= 15 is 0 Å². The van der Waals surface area contributed by atoms with E-state index in [1.807, 2.05) is 20.8 Å². The van der Waals surface area contributed by atoms with Crippen molar-refractivity contribution in [3.63, 3.8) is 0 Å². The molecule has 4 nitrogen and oxygen atoms in total. The highest BCUT2D eigenvalue weighted by molar-refractivity contribution is 5.64. The van der Waals surface area contributed by atoms with Gasteiger partial charge in [-0.25, -0.2) is 14.4 Å². The zero-order valence-corrected chi connectivity index (χ0v) is 11.2. The summed E-state index contributed by atoms with van der Waals surface area (Å²) < 4.78 is 13.6. The largest absolute Gasteiger partial charge is 0.383 e. The van der Waals surface area contributed by atoms with Gasteiger partial charge in [0.15, 0.2) is 0 Å². The van der Waals surface area contributed by atoms with Crippen LogP contribution < -0.4 is 11.1 Å². The van der Waals surface area contributed by atoms with Crippen molar-refractivity contribution in [1.82, 2.24) is 9.97 Å². The van der Waals surface area contributed by atoms with Gasteiger partial charge < -0.3 is 11.1 Å². The molecule has 0 aliphatic heterocycles. The van der Waals surface area contributed by atoms with E-state index in [4.69, 9.17) is 5.73 Å². The highest BCUT2D eigenvalue weighted by Crippen LogP contribution is 2.25. The maximum Gasteiger partial charge on any atom is 0.146 e. The van der Waals surface area contributed by atoms with Crippen LogP contribution >= 0.6 is 0 Å². The number of nitrogens with zero attached hydrogens (tertiary/aromatic N) is 2. The molecule has 0 aliphatic carbocycles. The van der Waals surface area contributed by atoms with Crippen LogP contribution in [0.2, 0.25) is 0 Å². The molecule has 19 heavy (non-hydrogen) atoms. The number of rotatable bonds is 3. The normalized spacial score (nSPS) is 10.8. The second-order valence-corrected chi connectivity index (χ2v) is 4.70. The molecule has 0 aliphatic rings. The quantitative estimate of drug-likeness (QED) is 0.888. The van der Waals surface area contributed by atoms with Crippen LogP contribution in [0.4, 0.5) is 21.7 Å². The van der Waals surface area contributed by atoms with Gasteiger partial charge in [0.1, 0.15) is 23.3 Å². The number of para-hydroxylation sites is 1. The van der Waals surface area contributed by atoms with Gasteiger partial charge in [0.25, 0.3) is 0 Å². The number of aromatic nitrogens is 2. The van der Waals surface area contributed by atoms with E-state index in [1.54, 1.807) is 18.2 Å². The summed E-state index contributed by atoms with van der Waals surface area (Å²) in [6, 6.07) is 6.45.